The summed E-state index contributed by atoms with van der Waals surface area (Å²) >= 11 is 0. The number of rotatable bonds is 42. The second kappa shape index (κ2) is 98.0. The van der Waals surface area contributed by atoms with Crippen LogP contribution in [-0.2, 0) is 0 Å². The van der Waals surface area contributed by atoms with Gasteiger partial charge < -0.3 is 4.90 Å². The fourth-order valence-corrected chi connectivity index (χ4v) is 7.24. The molecule has 1 nitrogen and oxygen atoms in total. The highest BCUT2D eigenvalue weighted by Crippen LogP contribution is 2.11. The fraction of sp³-hybridized carbons (Fsp3) is 1.00. The third-order valence-corrected chi connectivity index (χ3v) is 11.7. The smallest absolute Gasteiger partial charge is 0.0140 e. The van der Waals surface area contributed by atoms with Gasteiger partial charge in [-0.25, -0.2) is 0 Å². The topological polar surface area (TPSA) is 3.24 Å². The first-order valence-corrected chi connectivity index (χ1v) is 30.8. The van der Waals surface area contributed by atoms with E-state index in [0.29, 0.717) is 0 Å². The van der Waals surface area contributed by atoms with Crippen molar-refractivity contribution in [3.05, 3.63) is 0 Å². The van der Waals surface area contributed by atoms with E-state index in [1.165, 1.54) is 308 Å². The molecule has 0 rings (SSSR count). The molecule has 0 heterocycles. The van der Waals surface area contributed by atoms with Gasteiger partial charge >= 0.3 is 0 Å². The van der Waals surface area contributed by atoms with Crippen LogP contribution in [0.25, 0.3) is 0 Å². The highest BCUT2D eigenvalue weighted by Gasteiger charge is 1.92. The van der Waals surface area contributed by atoms with Crippen LogP contribution in [0.5, 0.6) is 0 Å². The van der Waals surface area contributed by atoms with Gasteiger partial charge in [0.05, 0.1) is 0 Å². The predicted molar refractivity (Wildman–Crippen MR) is 320 cm³/mol. The Balaban J connectivity index is -0.0000000979. The number of nitrogens with zero attached hydrogens (tertiary/aromatic N) is 1. The maximum Gasteiger partial charge on any atom is -0.0140 e. The van der Waals surface area contributed by atoms with Gasteiger partial charge in [-0.2, -0.15) is 0 Å². The predicted octanol–water partition coefficient (Wildman–Crippen LogP) is 25.6. The number of halogens is 1. The zero-order valence-corrected chi connectivity index (χ0v) is 51.5. The Morgan fingerprint density at radius 2 is 0.185 bits per heavy atom. The quantitative estimate of drug-likeness (QED) is 0.0551. The van der Waals surface area contributed by atoms with Gasteiger partial charge in [-0.15, -0.1) is 17.0 Å². The van der Waals surface area contributed by atoms with Crippen molar-refractivity contribution in [2.45, 2.75) is 391 Å². The van der Waals surface area contributed by atoms with Crippen LogP contribution in [0.3, 0.4) is 0 Å². The summed E-state index contributed by atoms with van der Waals surface area (Å²) < 4.78 is 0. The van der Waals surface area contributed by atoms with Crippen molar-refractivity contribution < 1.29 is 0 Å². The van der Waals surface area contributed by atoms with Crippen LogP contribution in [-0.4, -0.2) is 26.0 Å². The van der Waals surface area contributed by atoms with E-state index in [0.717, 1.165) is 0 Å². The fourth-order valence-electron chi connectivity index (χ4n) is 7.24. The number of hydrogen-bond acceptors (Lipinski definition) is 1. The van der Waals surface area contributed by atoms with Gasteiger partial charge in [-0.05, 0) is 21.1 Å². The highest BCUT2D eigenvalue weighted by atomic mass is 79.9. The zero-order valence-electron chi connectivity index (χ0n) is 49.8. The summed E-state index contributed by atoms with van der Waals surface area (Å²) in [5, 5.41) is 0. The molecule has 0 spiro atoms. The van der Waals surface area contributed by atoms with Gasteiger partial charge in [0.1, 0.15) is 0 Å². The summed E-state index contributed by atoms with van der Waals surface area (Å²) in [5.74, 6) is 0. The van der Waals surface area contributed by atoms with E-state index in [2.05, 4.69) is 83.1 Å². The largest absolute Gasteiger partial charge is 0.312 e. The van der Waals surface area contributed by atoms with Crippen LogP contribution in [0.2, 0.25) is 0 Å². The van der Waals surface area contributed by atoms with Crippen molar-refractivity contribution >= 4 is 17.0 Å². The van der Waals surface area contributed by atoms with E-state index in [-0.39, 0.29) is 17.0 Å². The molecule has 0 fully saturated rings. The summed E-state index contributed by atoms with van der Waals surface area (Å²) in [5.41, 5.74) is 0. The Kier molecular flexibility index (Phi) is 124. The maximum absolute atomic E-state index is 2.27. The molecule has 2 heteroatoms. The Bertz CT molecular complexity index is 417. The Morgan fingerprint density at radius 1 is 0.138 bits per heavy atom. The number of unbranched alkanes of at least 4 members (excludes halogenated alkanes) is 42. The second-order valence-corrected chi connectivity index (χ2v) is 20.1. The molecule has 0 aliphatic rings. The lowest BCUT2D eigenvalue weighted by molar-refractivity contribution is 0.505. The average molecular weight is 994 g/mol. The highest BCUT2D eigenvalue weighted by molar-refractivity contribution is 8.93. The van der Waals surface area contributed by atoms with Crippen LogP contribution in [0.1, 0.15) is 391 Å². The molecule has 0 aliphatic carbocycles. The summed E-state index contributed by atoms with van der Waals surface area (Å²) in [6.07, 6.45) is 68.8. The van der Waals surface area contributed by atoms with Crippen molar-refractivity contribution in [1.29, 1.82) is 0 Å². The van der Waals surface area contributed by atoms with Crippen LogP contribution >= 0.6 is 17.0 Å². The normalized spacial score (nSPS) is 9.97. The zero-order chi connectivity index (χ0) is 49.5. The number of hydrogen-bond donors (Lipinski definition) is 0. The first kappa shape index (κ1) is 82.4. The van der Waals surface area contributed by atoms with Gasteiger partial charge in [0.15, 0.2) is 0 Å². The SMILES string of the molecule is Br.CCCCCCCCCC.CCCCCCCCCC.CCCCCCCCCC.CCCCCCCCCC.CCCCCCCCCC.CCCCCCCCCC.CN(C)C. The lowest BCUT2D eigenvalue weighted by atomic mass is 10.1. The van der Waals surface area contributed by atoms with Crippen LogP contribution in [0.15, 0.2) is 0 Å². The van der Waals surface area contributed by atoms with Crippen LogP contribution in [0.4, 0.5) is 0 Å². The molecule has 0 bridgehead atoms. The molecule has 0 aromatic heterocycles. The summed E-state index contributed by atoms with van der Waals surface area (Å²) in [4.78, 5) is 2.00. The van der Waals surface area contributed by atoms with Crippen LogP contribution < -0.4 is 0 Å². The molecule has 0 atom stereocenters. The monoisotopic (exact) mass is 992 g/mol. The average Bonchev–Trinajstić information content (AvgIpc) is 3.29. The third-order valence-electron chi connectivity index (χ3n) is 11.7. The van der Waals surface area contributed by atoms with E-state index in [4.69, 9.17) is 0 Å². The van der Waals surface area contributed by atoms with Gasteiger partial charge in [0.25, 0.3) is 0 Å². The standard InChI is InChI=1S/6C10H22.C3H9N.BrH/c6*1-3-5-7-9-10-8-6-4-2;1-4(2)3;/h6*3-10H2,1-2H3;1-3H3;1H. The second-order valence-electron chi connectivity index (χ2n) is 20.1. The first-order chi connectivity index (χ1) is 31.2. The Hall–Kier alpha value is 0.440. The minimum Gasteiger partial charge on any atom is -0.312 e. The molecule has 406 valence electrons. The van der Waals surface area contributed by atoms with Crippen molar-refractivity contribution in [3.8, 4) is 0 Å². The van der Waals surface area contributed by atoms with E-state index >= 15 is 0 Å². The Labute approximate surface area is 432 Å². The van der Waals surface area contributed by atoms with Gasteiger partial charge in [0, 0.05) is 0 Å². The van der Waals surface area contributed by atoms with Gasteiger partial charge in [0.2, 0.25) is 0 Å². The summed E-state index contributed by atoms with van der Waals surface area (Å²) in [6, 6.07) is 0. The molecule has 0 amide bonds. The molecule has 0 N–H and O–H groups in total. The summed E-state index contributed by atoms with van der Waals surface area (Å²) in [7, 11) is 6.00. The molecular weight excluding hydrogens is 851 g/mol. The molecule has 0 aromatic rings. The maximum atomic E-state index is 2.27. The minimum atomic E-state index is 0. The lowest BCUT2D eigenvalue weighted by Gasteiger charge is -1.97. The van der Waals surface area contributed by atoms with Crippen molar-refractivity contribution in [1.82, 2.24) is 4.90 Å². The molecule has 0 aromatic carbocycles. The van der Waals surface area contributed by atoms with Gasteiger partial charge in [-0.3, -0.25) is 0 Å². The summed E-state index contributed by atoms with van der Waals surface area (Å²) in [6.45, 7) is 27.2. The van der Waals surface area contributed by atoms with Crippen molar-refractivity contribution in [2.75, 3.05) is 21.1 Å². The minimum absolute atomic E-state index is 0. The molecule has 0 saturated heterocycles. The molecule has 0 radical (unpaired) electrons. The Morgan fingerprint density at radius 3 is 0.231 bits per heavy atom. The molecule has 0 saturated carbocycles. The van der Waals surface area contributed by atoms with E-state index in [1.807, 2.05) is 26.0 Å². The molecule has 0 aliphatic heterocycles. The first-order valence-electron chi connectivity index (χ1n) is 30.8. The van der Waals surface area contributed by atoms with Gasteiger partial charge in [-0.1, -0.05) is 391 Å². The van der Waals surface area contributed by atoms with E-state index in [1.54, 1.807) is 0 Å². The molecular formula is C63H142BrN. The van der Waals surface area contributed by atoms with Crippen molar-refractivity contribution in [3.63, 3.8) is 0 Å². The van der Waals surface area contributed by atoms with E-state index in [9.17, 15) is 0 Å². The van der Waals surface area contributed by atoms with Crippen molar-refractivity contribution in [2.24, 2.45) is 0 Å². The molecule has 0 unspecified atom stereocenters. The van der Waals surface area contributed by atoms with Crippen LogP contribution in [0, 0.1) is 0 Å². The van der Waals surface area contributed by atoms with E-state index < -0.39 is 0 Å². The third kappa shape index (κ3) is 139. The lowest BCUT2D eigenvalue weighted by Crippen LogP contribution is -1.99. The molecule has 65 heavy (non-hydrogen) atoms.